The largest absolute Gasteiger partial charge is 0.407 e. The lowest BCUT2D eigenvalue weighted by Gasteiger charge is -2.44. The second kappa shape index (κ2) is 10.5. The summed E-state index contributed by atoms with van der Waals surface area (Å²) in [5.74, 6) is 0.737. The number of nitrogens with zero attached hydrogens (tertiary/aromatic N) is 1. The van der Waals surface area contributed by atoms with Crippen molar-refractivity contribution in [3.63, 3.8) is 0 Å². The van der Waals surface area contributed by atoms with E-state index in [1.807, 2.05) is 6.07 Å². The molecule has 3 aromatic rings. The minimum absolute atomic E-state index is 0.0463. The van der Waals surface area contributed by atoms with Gasteiger partial charge in [-0.2, -0.15) is 0 Å². The highest BCUT2D eigenvalue weighted by molar-refractivity contribution is 6.99. The van der Waals surface area contributed by atoms with Crippen molar-refractivity contribution in [2.24, 2.45) is 17.3 Å². The van der Waals surface area contributed by atoms with Crippen LogP contribution in [0.5, 0.6) is 0 Å². The molecule has 2 fully saturated rings. The van der Waals surface area contributed by atoms with Crippen LogP contribution >= 0.6 is 0 Å². The van der Waals surface area contributed by atoms with E-state index in [0.29, 0.717) is 11.8 Å². The Morgan fingerprint density at radius 1 is 0.895 bits per heavy atom. The lowest BCUT2D eigenvalue weighted by molar-refractivity contribution is -0.133. The Balaban J connectivity index is 1.46. The van der Waals surface area contributed by atoms with Gasteiger partial charge >= 0.3 is 0 Å². The van der Waals surface area contributed by atoms with Gasteiger partial charge in [-0.05, 0) is 58.5 Å². The van der Waals surface area contributed by atoms with Crippen LogP contribution in [0.4, 0.5) is 0 Å². The van der Waals surface area contributed by atoms with Gasteiger partial charge in [0, 0.05) is 19.1 Å². The Kier molecular flexibility index (Phi) is 7.41. The smallest absolute Gasteiger partial charge is 0.261 e. The molecule has 1 amide bonds. The van der Waals surface area contributed by atoms with Crippen molar-refractivity contribution in [1.29, 1.82) is 0 Å². The Hall–Kier alpha value is -2.69. The number of amides is 1. The third-order valence-electron chi connectivity index (χ3n) is 9.34. The van der Waals surface area contributed by atoms with Crippen molar-refractivity contribution >= 4 is 24.6 Å². The maximum Gasteiger partial charge on any atom is 0.261 e. The fourth-order valence-electron chi connectivity index (χ4n) is 6.95. The highest BCUT2D eigenvalue weighted by atomic mass is 28.4. The lowest BCUT2D eigenvalue weighted by atomic mass is 9.80. The first-order valence-electron chi connectivity index (χ1n) is 14.3. The van der Waals surface area contributed by atoms with E-state index in [0.717, 1.165) is 32.4 Å². The van der Waals surface area contributed by atoms with E-state index in [2.05, 4.69) is 124 Å². The van der Waals surface area contributed by atoms with Gasteiger partial charge < -0.3 is 9.33 Å². The van der Waals surface area contributed by atoms with Crippen molar-refractivity contribution in [2.75, 3.05) is 13.2 Å². The van der Waals surface area contributed by atoms with Crippen LogP contribution in [0.25, 0.3) is 0 Å². The predicted molar refractivity (Wildman–Crippen MR) is 159 cm³/mol. The summed E-state index contributed by atoms with van der Waals surface area (Å²) in [7, 11) is -2.61. The molecule has 0 radical (unpaired) electrons. The number of rotatable bonds is 9. The van der Waals surface area contributed by atoms with Gasteiger partial charge in [-0.1, -0.05) is 119 Å². The fourth-order valence-corrected chi connectivity index (χ4v) is 11.6. The van der Waals surface area contributed by atoms with E-state index in [1.165, 1.54) is 15.9 Å². The molecule has 38 heavy (non-hydrogen) atoms. The van der Waals surface area contributed by atoms with E-state index in [1.54, 1.807) is 0 Å². The second-order valence-corrected chi connectivity index (χ2v) is 16.8. The van der Waals surface area contributed by atoms with Gasteiger partial charge in [0.15, 0.2) is 0 Å². The van der Waals surface area contributed by atoms with Crippen molar-refractivity contribution < 1.29 is 9.22 Å². The first-order valence-corrected chi connectivity index (χ1v) is 16.2. The summed E-state index contributed by atoms with van der Waals surface area (Å²) in [5.41, 5.74) is 1.29. The van der Waals surface area contributed by atoms with Crippen LogP contribution in [0.3, 0.4) is 0 Å². The topological polar surface area (TPSA) is 29.5 Å². The Labute approximate surface area is 230 Å². The van der Waals surface area contributed by atoms with Crippen LogP contribution in [0.2, 0.25) is 5.04 Å². The van der Waals surface area contributed by atoms with Gasteiger partial charge in [0.1, 0.15) is 0 Å². The zero-order chi connectivity index (χ0) is 27.0. The van der Waals surface area contributed by atoms with E-state index < -0.39 is 8.32 Å². The van der Waals surface area contributed by atoms with Crippen LogP contribution in [0, 0.1) is 17.3 Å². The third-order valence-corrected chi connectivity index (χ3v) is 14.3. The molecule has 1 heterocycles. The van der Waals surface area contributed by atoms with E-state index in [4.69, 9.17) is 4.43 Å². The average Bonchev–Trinajstić information content (AvgIpc) is 3.64. The number of carbonyl (C=O) groups is 1. The van der Waals surface area contributed by atoms with Crippen molar-refractivity contribution in [3.05, 3.63) is 96.6 Å². The molecule has 3 atom stereocenters. The molecule has 0 bridgehead atoms. The molecule has 2 aliphatic rings. The Bertz CT molecular complexity index is 1180. The Morgan fingerprint density at radius 2 is 1.39 bits per heavy atom. The summed E-state index contributed by atoms with van der Waals surface area (Å²) in [6, 6.07) is 32.4. The molecule has 4 heteroatoms. The number of hydrogen-bond acceptors (Lipinski definition) is 2. The van der Waals surface area contributed by atoms with Gasteiger partial charge in [-0.3, -0.25) is 4.79 Å². The second-order valence-electron chi connectivity index (χ2n) is 12.5. The summed E-state index contributed by atoms with van der Waals surface area (Å²) in [6.07, 6.45) is 3.18. The van der Waals surface area contributed by atoms with E-state index in [9.17, 15) is 4.79 Å². The van der Waals surface area contributed by atoms with Crippen LogP contribution in [0.1, 0.15) is 65.5 Å². The summed E-state index contributed by atoms with van der Waals surface area (Å²) >= 11 is 0. The number of hydrogen-bond donors (Lipinski definition) is 0. The molecule has 3 aromatic carbocycles. The van der Waals surface area contributed by atoms with Crippen LogP contribution < -0.4 is 10.4 Å². The molecule has 0 spiro atoms. The molecule has 200 valence electrons. The van der Waals surface area contributed by atoms with Gasteiger partial charge in [-0.25, -0.2) is 0 Å². The molecule has 1 aliphatic carbocycles. The van der Waals surface area contributed by atoms with Crippen LogP contribution in [-0.4, -0.2) is 32.3 Å². The molecule has 0 N–H and O–H groups in total. The van der Waals surface area contributed by atoms with Crippen molar-refractivity contribution in [3.8, 4) is 0 Å². The van der Waals surface area contributed by atoms with Crippen molar-refractivity contribution in [1.82, 2.24) is 4.90 Å². The zero-order valence-corrected chi connectivity index (χ0v) is 24.7. The molecule has 5 rings (SSSR count). The molecular formula is C34H43NO2Si. The van der Waals surface area contributed by atoms with Gasteiger partial charge in [-0.15, -0.1) is 0 Å². The minimum atomic E-state index is -2.61. The predicted octanol–water partition coefficient (Wildman–Crippen LogP) is 6.59. The average molecular weight is 526 g/mol. The van der Waals surface area contributed by atoms with Gasteiger partial charge in [0.2, 0.25) is 5.91 Å². The van der Waals surface area contributed by atoms with E-state index in [-0.39, 0.29) is 22.4 Å². The maximum absolute atomic E-state index is 13.7. The lowest BCUT2D eigenvalue weighted by Crippen LogP contribution is -2.67. The third kappa shape index (κ3) is 4.67. The van der Waals surface area contributed by atoms with Crippen molar-refractivity contribution in [2.45, 2.75) is 65.0 Å². The molecule has 1 aliphatic heterocycles. The number of likely N-dealkylation sites (tertiary alicyclic amines) is 1. The molecular weight excluding hydrogens is 482 g/mol. The minimum Gasteiger partial charge on any atom is -0.407 e. The number of carbonyl (C=O) groups excluding carboxylic acids is 1. The molecule has 3 nitrogen and oxygen atoms in total. The number of benzene rings is 3. The summed E-state index contributed by atoms with van der Waals surface area (Å²) < 4.78 is 7.42. The molecule has 1 saturated heterocycles. The first kappa shape index (κ1) is 26.9. The van der Waals surface area contributed by atoms with Crippen LogP contribution in [0.15, 0.2) is 91.0 Å². The van der Waals surface area contributed by atoms with Gasteiger partial charge in [0.25, 0.3) is 8.32 Å². The standard InChI is InChI=1S/C34H43NO2Si/c1-6-30-31(24-35(32(30)36)26(2)27-16-10-7-11-17-27)34(22-23-34)25-37-38(33(3,4)5,28-18-12-8-13-19-28)29-20-14-9-15-21-29/h7-21,26,30-31H,6,22-25H2,1-5H3/t26-,30?,31+/m0/s1. The normalized spacial score (nSPS) is 21.9. The fraction of sp³-hybridized carbons (Fsp3) is 0.441. The van der Waals surface area contributed by atoms with Gasteiger partial charge in [0.05, 0.1) is 6.04 Å². The summed E-state index contributed by atoms with van der Waals surface area (Å²) in [4.78, 5) is 15.9. The highest BCUT2D eigenvalue weighted by Gasteiger charge is 2.60. The van der Waals surface area contributed by atoms with Crippen LogP contribution in [-0.2, 0) is 9.22 Å². The highest BCUT2D eigenvalue weighted by Crippen LogP contribution is 2.58. The monoisotopic (exact) mass is 525 g/mol. The first-order chi connectivity index (χ1) is 18.2. The molecule has 1 saturated carbocycles. The van der Waals surface area contributed by atoms with E-state index >= 15 is 0 Å². The summed E-state index contributed by atoms with van der Waals surface area (Å²) in [6.45, 7) is 13.0. The quantitative estimate of drug-likeness (QED) is 0.295. The molecule has 1 unspecified atom stereocenters. The SMILES string of the molecule is CCC1C(=O)N([C@@H](C)c2ccccc2)C[C@H]1C1(CO[Si](c2ccccc2)(c2ccccc2)C(C)(C)C)CC1. The summed E-state index contributed by atoms with van der Waals surface area (Å²) in [5, 5.41) is 2.60. The molecule has 0 aromatic heterocycles. The zero-order valence-electron chi connectivity index (χ0n) is 23.7. The Morgan fingerprint density at radius 3 is 1.84 bits per heavy atom. The maximum atomic E-state index is 13.7.